The maximum absolute atomic E-state index is 12.3. The fraction of sp³-hybridized carbons (Fsp3) is 0.316. The maximum Gasteiger partial charge on any atom is 0.255 e. The molecule has 1 atom stereocenters. The van der Waals surface area contributed by atoms with Crippen LogP contribution in [0.3, 0.4) is 0 Å². The van der Waals surface area contributed by atoms with Crippen molar-refractivity contribution in [1.82, 2.24) is 0 Å². The van der Waals surface area contributed by atoms with Gasteiger partial charge in [-0.2, -0.15) is 0 Å². The SMILES string of the molecule is Cc1ccc(N)cc1NC(=O)c1ccc(OCC2CCCO2)cc1.Cl. The number of aryl methyl sites for hydroxylation is 1. The van der Waals surface area contributed by atoms with Gasteiger partial charge in [0.2, 0.25) is 0 Å². The van der Waals surface area contributed by atoms with Gasteiger partial charge in [0.05, 0.1) is 6.10 Å². The second-order valence-corrected chi connectivity index (χ2v) is 6.00. The summed E-state index contributed by atoms with van der Waals surface area (Å²) in [7, 11) is 0. The minimum absolute atomic E-state index is 0. The summed E-state index contributed by atoms with van der Waals surface area (Å²) in [6.07, 6.45) is 2.32. The molecule has 3 rings (SSSR count). The summed E-state index contributed by atoms with van der Waals surface area (Å²) in [6.45, 7) is 3.29. The Bertz CT molecular complexity index is 713. The second-order valence-electron chi connectivity index (χ2n) is 6.00. The molecular weight excluding hydrogens is 340 g/mol. The first kappa shape index (κ1) is 19.1. The van der Waals surface area contributed by atoms with Crippen molar-refractivity contribution < 1.29 is 14.3 Å². The van der Waals surface area contributed by atoms with E-state index in [-0.39, 0.29) is 24.4 Å². The van der Waals surface area contributed by atoms with Crippen LogP contribution < -0.4 is 15.8 Å². The van der Waals surface area contributed by atoms with E-state index < -0.39 is 0 Å². The normalized spacial score (nSPS) is 16.1. The standard InChI is InChI=1S/C19H22N2O3.ClH/c1-13-4-7-15(20)11-18(13)21-19(22)14-5-8-16(9-6-14)24-12-17-3-2-10-23-17;/h4-9,11,17H,2-3,10,12,20H2,1H3,(H,21,22);1H. The van der Waals surface area contributed by atoms with Gasteiger partial charge in [-0.25, -0.2) is 0 Å². The molecule has 3 N–H and O–H groups in total. The zero-order valence-electron chi connectivity index (χ0n) is 14.2. The van der Waals surface area contributed by atoms with Crippen molar-refractivity contribution in [3.8, 4) is 5.75 Å². The molecule has 2 aromatic carbocycles. The zero-order valence-corrected chi connectivity index (χ0v) is 15.0. The fourth-order valence-electron chi connectivity index (χ4n) is 2.64. The van der Waals surface area contributed by atoms with Gasteiger partial charge < -0.3 is 20.5 Å². The summed E-state index contributed by atoms with van der Waals surface area (Å²) in [5, 5.41) is 2.88. The molecule has 1 aliphatic heterocycles. The molecule has 2 aromatic rings. The number of rotatable bonds is 5. The number of amides is 1. The number of benzene rings is 2. The quantitative estimate of drug-likeness (QED) is 0.793. The van der Waals surface area contributed by atoms with Gasteiger partial charge in [0, 0.05) is 23.5 Å². The van der Waals surface area contributed by atoms with Gasteiger partial charge in [0.25, 0.3) is 5.91 Å². The number of ether oxygens (including phenoxy) is 2. The Morgan fingerprint density at radius 1 is 1.28 bits per heavy atom. The van der Waals surface area contributed by atoms with Crippen LogP contribution in [0.4, 0.5) is 11.4 Å². The Labute approximate surface area is 153 Å². The lowest BCUT2D eigenvalue weighted by Crippen LogP contribution is -2.16. The molecule has 1 unspecified atom stereocenters. The molecule has 0 radical (unpaired) electrons. The van der Waals surface area contributed by atoms with Gasteiger partial charge >= 0.3 is 0 Å². The van der Waals surface area contributed by atoms with Gasteiger partial charge in [-0.05, 0) is 61.7 Å². The number of carbonyl (C=O) groups excluding carboxylic acids is 1. The molecule has 0 bridgehead atoms. The predicted octanol–water partition coefficient (Wildman–Crippen LogP) is 3.81. The van der Waals surface area contributed by atoms with Crippen LogP contribution in [0, 0.1) is 6.92 Å². The van der Waals surface area contributed by atoms with E-state index >= 15 is 0 Å². The lowest BCUT2D eigenvalue weighted by atomic mass is 10.1. The summed E-state index contributed by atoms with van der Waals surface area (Å²) in [5.74, 6) is 0.566. The molecular formula is C19H23ClN2O3. The van der Waals surface area contributed by atoms with Crippen LogP contribution in [-0.2, 0) is 4.74 Å². The number of anilines is 2. The van der Waals surface area contributed by atoms with Crippen LogP contribution in [0.5, 0.6) is 5.75 Å². The highest BCUT2D eigenvalue weighted by Crippen LogP contribution is 2.20. The first-order chi connectivity index (χ1) is 11.6. The van der Waals surface area contributed by atoms with Gasteiger partial charge in [-0.1, -0.05) is 6.07 Å². The van der Waals surface area contributed by atoms with Crippen molar-refractivity contribution in [3.63, 3.8) is 0 Å². The Hall–Kier alpha value is -2.24. The Morgan fingerprint density at radius 2 is 2.04 bits per heavy atom. The molecule has 0 aromatic heterocycles. The lowest BCUT2D eigenvalue weighted by molar-refractivity contribution is 0.0679. The van der Waals surface area contributed by atoms with Gasteiger partial charge in [0.1, 0.15) is 12.4 Å². The van der Waals surface area contributed by atoms with E-state index in [2.05, 4.69) is 5.32 Å². The van der Waals surface area contributed by atoms with Gasteiger partial charge in [0.15, 0.2) is 0 Å². The van der Waals surface area contributed by atoms with E-state index in [9.17, 15) is 4.79 Å². The molecule has 1 saturated heterocycles. The molecule has 0 spiro atoms. The third-order valence-electron chi connectivity index (χ3n) is 4.09. The molecule has 0 saturated carbocycles. The smallest absolute Gasteiger partial charge is 0.255 e. The highest BCUT2D eigenvalue weighted by Gasteiger charge is 2.16. The van der Waals surface area contributed by atoms with Crippen molar-refractivity contribution in [2.24, 2.45) is 0 Å². The summed E-state index contributed by atoms with van der Waals surface area (Å²) >= 11 is 0. The Morgan fingerprint density at radius 3 is 2.72 bits per heavy atom. The molecule has 1 fully saturated rings. The molecule has 25 heavy (non-hydrogen) atoms. The molecule has 1 heterocycles. The van der Waals surface area contributed by atoms with E-state index in [1.54, 1.807) is 30.3 Å². The number of carbonyl (C=O) groups is 1. The van der Waals surface area contributed by atoms with Gasteiger partial charge in [-0.15, -0.1) is 12.4 Å². The van der Waals surface area contributed by atoms with Crippen molar-refractivity contribution in [2.75, 3.05) is 24.3 Å². The van der Waals surface area contributed by atoms with E-state index in [1.165, 1.54) is 0 Å². The van der Waals surface area contributed by atoms with Crippen LogP contribution in [0.2, 0.25) is 0 Å². The number of nitrogens with two attached hydrogens (primary N) is 1. The Balaban J connectivity index is 0.00000225. The third-order valence-corrected chi connectivity index (χ3v) is 4.09. The van der Waals surface area contributed by atoms with Crippen LogP contribution in [0.15, 0.2) is 42.5 Å². The topological polar surface area (TPSA) is 73.6 Å². The van der Waals surface area contributed by atoms with E-state index in [0.717, 1.165) is 36.4 Å². The van der Waals surface area contributed by atoms with Crippen molar-refractivity contribution in [1.29, 1.82) is 0 Å². The number of nitrogens with one attached hydrogen (secondary N) is 1. The lowest BCUT2D eigenvalue weighted by Gasteiger charge is -2.12. The number of hydrogen-bond donors (Lipinski definition) is 2. The average Bonchev–Trinajstić information content (AvgIpc) is 3.10. The van der Waals surface area contributed by atoms with Gasteiger partial charge in [-0.3, -0.25) is 4.79 Å². The predicted molar refractivity (Wildman–Crippen MR) is 102 cm³/mol. The summed E-state index contributed by atoms with van der Waals surface area (Å²) < 4.78 is 11.2. The van der Waals surface area contributed by atoms with Crippen LogP contribution in [0.25, 0.3) is 0 Å². The summed E-state index contributed by atoms with van der Waals surface area (Å²) in [5.41, 5.74) is 8.65. The maximum atomic E-state index is 12.3. The van der Waals surface area contributed by atoms with Crippen molar-refractivity contribution >= 4 is 29.7 Å². The van der Waals surface area contributed by atoms with Crippen LogP contribution in [-0.4, -0.2) is 25.2 Å². The third kappa shape index (κ3) is 5.11. The Kier molecular flexibility index (Phi) is 6.67. The monoisotopic (exact) mass is 362 g/mol. The number of nitrogen functional groups attached to an aromatic ring is 1. The highest BCUT2D eigenvalue weighted by molar-refractivity contribution is 6.04. The molecule has 134 valence electrons. The molecule has 1 amide bonds. The summed E-state index contributed by atoms with van der Waals surface area (Å²) in [6, 6.07) is 12.6. The molecule has 0 aliphatic carbocycles. The average molecular weight is 363 g/mol. The van der Waals surface area contributed by atoms with Crippen LogP contribution >= 0.6 is 12.4 Å². The molecule has 5 nitrogen and oxygen atoms in total. The van der Waals surface area contributed by atoms with E-state index in [4.69, 9.17) is 15.2 Å². The minimum Gasteiger partial charge on any atom is -0.491 e. The number of halogens is 1. The molecule has 6 heteroatoms. The van der Waals surface area contributed by atoms with Crippen molar-refractivity contribution in [3.05, 3.63) is 53.6 Å². The first-order valence-corrected chi connectivity index (χ1v) is 8.14. The second kappa shape index (κ2) is 8.74. The highest BCUT2D eigenvalue weighted by atomic mass is 35.5. The fourth-order valence-corrected chi connectivity index (χ4v) is 2.64. The summed E-state index contributed by atoms with van der Waals surface area (Å²) in [4.78, 5) is 12.3. The zero-order chi connectivity index (χ0) is 16.9. The first-order valence-electron chi connectivity index (χ1n) is 8.14. The number of hydrogen-bond acceptors (Lipinski definition) is 4. The largest absolute Gasteiger partial charge is 0.491 e. The van der Waals surface area contributed by atoms with E-state index in [1.807, 2.05) is 19.1 Å². The van der Waals surface area contributed by atoms with E-state index in [0.29, 0.717) is 17.9 Å². The molecule has 1 aliphatic rings. The van der Waals surface area contributed by atoms with Crippen molar-refractivity contribution in [2.45, 2.75) is 25.9 Å². The van der Waals surface area contributed by atoms with Crippen LogP contribution in [0.1, 0.15) is 28.8 Å². The minimum atomic E-state index is -0.172.